The number of carbonyl (C=O) groups is 3. The van der Waals surface area contributed by atoms with Gasteiger partial charge in [-0.2, -0.15) is 0 Å². The van der Waals surface area contributed by atoms with E-state index < -0.39 is 29.7 Å². The van der Waals surface area contributed by atoms with E-state index in [9.17, 15) is 29.4 Å². The van der Waals surface area contributed by atoms with Gasteiger partial charge in [-0.3, -0.25) is 14.4 Å². The number of rotatable bonds is 13. The normalized spacial score (nSPS) is 12.9. The SMILES string of the molecule is CC(C)Cc1cccc2[nH]c(Cn3cccc(NC(=O)C(CCO)(CCC=CC(=O)N(C)C)NC(=O)O)c3=O)nc12. The summed E-state index contributed by atoms with van der Waals surface area (Å²) in [6.07, 6.45) is 3.70. The molecule has 2 aromatic heterocycles. The van der Waals surface area contributed by atoms with Crippen LogP contribution in [0.3, 0.4) is 0 Å². The summed E-state index contributed by atoms with van der Waals surface area (Å²) in [5.74, 6) is -0.0335. The fraction of sp³-hybridized carbons (Fsp3) is 0.414. The van der Waals surface area contributed by atoms with E-state index in [0.717, 1.165) is 23.0 Å². The van der Waals surface area contributed by atoms with Crippen molar-refractivity contribution in [3.05, 3.63) is 70.4 Å². The van der Waals surface area contributed by atoms with E-state index in [2.05, 4.69) is 29.5 Å². The second-order valence-corrected chi connectivity index (χ2v) is 10.6. The quantitative estimate of drug-likeness (QED) is 0.198. The maximum absolute atomic E-state index is 13.4. The minimum absolute atomic E-state index is 0.0538. The molecule has 0 spiro atoms. The maximum Gasteiger partial charge on any atom is 0.405 e. The third-order valence-electron chi connectivity index (χ3n) is 6.62. The average Bonchev–Trinajstić information content (AvgIpc) is 3.31. The molecule has 0 aliphatic carbocycles. The van der Waals surface area contributed by atoms with E-state index in [-0.39, 0.29) is 37.4 Å². The van der Waals surface area contributed by atoms with Gasteiger partial charge in [-0.25, -0.2) is 9.78 Å². The smallest absolute Gasteiger partial charge is 0.405 e. The molecular formula is C29H38N6O6. The van der Waals surface area contributed by atoms with Crippen molar-refractivity contribution in [2.75, 3.05) is 26.0 Å². The van der Waals surface area contributed by atoms with Crippen LogP contribution in [0, 0.1) is 5.92 Å². The zero-order chi connectivity index (χ0) is 30.2. The number of carboxylic acid groups (broad SMARTS) is 1. The van der Waals surface area contributed by atoms with Crippen molar-refractivity contribution >= 4 is 34.6 Å². The van der Waals surface area contributed by atoms with Crippen molar-refractivity contribution in [1.29, 1.82) is 0 Å². The van der Waals surface area contributed by atoms with Crippen LogP contribution in [0.1, 0.15) is 44.5 Å². The summed E-state index contributed by atoms with van der Waals surface area (Å²) < 4.78 is 1.39. The van der Waals surface area contributed by atoms with Crippen molar-refractivity contribution in [2.45, 2.75) is 51.6 Å². The highest BCUT2D eigenvalue weighted by molar-refractivity contribution is 5.99. The summed E-state index contributed by atoms with van der Waals surface area (Å²) in [4.78, 5) is 59.6. The fourth-order valence-electron chi connectivity index (χ4n) is 4.57. The second kappa shape index (κ2) is 13.8. The molecule has 12 nitrogen and oxygen atoms in total. The van der Waals surface area contributed by atoms with Crippen molar-refractivity contribution < 1.29 is 24.6 Å². The summed E-state index contributed by atoms with van der Waals surface area (Å²) >= 11 is 0. The van der Waals surface area contributed by atoms with Crippen LogP contribution in [0.15, 0.2) is 53.5 Å². The van der Waals surface area contributed by atoms with Crippen molar-refractivity contribution in [1.82, 2.24) is 24.8 Å². The predicted molar refractivity (Wildman–Crippen MR) is 156 cm³/mol. The number of carbonyl (C=O) groups excluding carboxylic acids is 2. The number of anilines is 1. The first-order valence-corrected chi connectivity index (χ1v) is 13.4. The van der Waals surface area contributed by atoms with Crippen molar-refractivity contribution in [3.63, 3.8) is 0 Å². The first-order chi connectivity index (χ1) is 19.5. The number of allylic oxidation sites excluding steroid dienone is 1. The van der Waals surface area contributed by atoms with Crippen LogP contribution in [-0.4, -0.2) is 73.8 Å². The Morgan fingerprint density at radius 1 is 1.17 bits per heavy atom. The van der Waals surface area contributed by atoms with Crippen LogP contribution < -0.4 is 16.2 Å². The first-order valence-electron chi connectivity index (χ1n) is 13.4. The maximum atomic E-state index is 13.4. The number of pyridine rings is 1. The highest BCUT2D eigenvalue weighted by Crippen LogP contribution is 2.22. The van der Waals surface area contributed by atoms with Crippen LogP contribution in [0.2, 0.25) is 0 Å². The second-order valence-electron chi connectivity index (χ2n) is 10.6. The molecule has 0 bridgehead atoms. The Hall–Kier alpha value is -4.45. The lowest BCUT2D eigenvalue weighted by atomic mass is 9.88. The molecule has 0 radical (unpaired) electrons. The minimum Gasteiger partial charge on any atom is -0.465 e. The zero-order valence-electron chi connectivity index (χ0n) is 23.8. The number of H-pyrrole nitrogens is 1. The van der Waals surface area contributed by atoms with Gasteiger partial charge in [0.05, 0.1) is 17.6 Å². The lowest BCUT2D eigenvalue weighted by Crippen LogP contribution is -2.57. The number of likely N-dealkylation sites (N-methyl/N-ethyl adjacent to an activating group) is 1. The fourth-order valence-corrected chi connectivity index (χ4v) is 4.57. The molecule has 2 heterocycles. The number of hydrogen-bond acceptors (Lipinski definition) is 6. The Morgan fingerprint density at radius 3 is 2.59 bits per heavy atom. The lowest BCUT2D eigenvalue weighted by molar-refractivity contribution is -0.123. The van der Waals surface area contributed by atoms with Gasteiger partial charge in [0.25, 0.3) is 11.5 Å². The number of fused-ring (bicyclic) bond motifs is 1. The minimum atomic E-state index is -1.75. The average molecular weight is 567 g/mol. The number of aromatic nitrogens is 3. The van der Waals surface area contributed by atoms with Gasteiger partial charge in [0.2, 0.25) is 5.91 Å². The topological polar surface area (TPSA) is 170 Å². The summed E-state index contributed by atoms with van der Waals surface area (Å²) in [5, 5.41) is 23.9. The van der Waals surface area contributed by atoms with E-state index in [4.69, 9.17) is 4.98 Å². The summed E-state index contributed by atoms with van der Waals surface area (Å²) in [7, 11) is 3.18. The molecule has 0 aliphatic heterocycles. The third-order valence-corrected chi connectivity index (χ3v) is 6.62. The summed E-state index contributed by atoms with van der Waals surface area (Å²) in [6.45, 7) is 3.90. The predicted octanol–water partition coefficient (Wildman–Crippen LogP) is 2.72. The molecule has 3 aromatic rings. The van der Waals surface area contributed by atoms with Crippen LogP contribution in [0.25, 0.3) is 11.0 Å². The molecule has 12 heteroatoms. The number of imidazole rings is 1. The summed E-state index contributed by atoms with van der Waals surface area (Å²) in [6, 6.07) is 8.95. The van der Waals surface area contributed by atoms with Crippen LogP contribution in [0.4, 0.5) is 10.5 Å². The Labute approximate surface area is 238 Å². The highest BCUT2D eigenvalue weighted by atomic mass is 16.4. The molecule has 0 fully saturated rings. The van der Waals surface area contributed by atoms with Crippen molar-refractivity contribution in [2.24, 2.45) is 5.92 Å². The van der Waals surface area contributed by atoms with Gasteiger partial charge >= 0.3 is 6.09 Å². The number of amides is 3. The zero-order valence-corrected chi connectivity index (χ0v) is 23.8. The van der Waals surface area contributed by atoms with Crippen LogP contribution >= 0.6 is 0 Å². The van der Waals surface area contributed by atoms with Gasteiger partial charge in [0.1, 0.15) is 17.1 Å². The van der Waals surface area contributed by atoms with E-state index in [0.29, 0.717) is 11.7 Å². The van der Waals surface area contributed by atoms with E-state index in [1.807, 2.05) is 18.2 Å². The van der Waals surface area contributed by atoms with Gasteiger partial charge in [-0.1, -0.05) is 32.1 Å². The number of nitrogens with one attached hydrogen (secondary N) is 3. The number of aliphatic hydroxyl groups excluding tert-OH is 1. The number of benzene rings is 1. The molecule has 5 N–H and O–H groups in total. The van der Waals surface area contributed by atoms with Crippen LogP contribution in [0.5, 0.6) is 0 Å². The Bertz CT molecular complexity index is 1470. The molecule has 1 unspecified atom stereocenters. The molecule has 1 aromatic carbocycles. The molecule has 0 saturated heterocycles. The molecule has 0 aliphatic rings. The van der Waals surface area contributed by atoms with Gasteiger partial charge in [0.15, 0.2) is 0 Å². The van der Waals surface area contributed by atoms with Gasteiger partial charge < -0.3 is 35.3 Å². The number of nitrogens with zero attached hydrogens (tertiary/aromatic N) is 3. The lowest BCUT2D eigenvalue weighted by Gasteiger charge is -2.31. The van der Waals surface area contributed by atoms with Gasteiger partial charge in [-0.05, 0) is 55.0 Å². The highest BCUT2D eigenvalue weighted by Gasteiger charge is 2.39. The molecule has 3 amide bonds. The van der Waals surface area contributed by atoms with Gasteiger partial charge in [-0.15, -0.1) is 0 Å². The molecule has 1 atom stereocenters. The third kappa shape index (κ3) is 8.04. The van der Waals surface area contributed by atoms with Crippen LogP contribution in [-0.2, 0) is 22.6 Å². The Balaban J connectivity index is 1.85. The number of aromatic amines is 1. The van der Waals surface area contributed by atoms with E-state index in [1.54, 1.807) is 26.4 Å². The Kier molecular flexibility index (Phi) is 10.4. The monoisotopic (exact) mass is 566 g/mol. The van der Waals surface area contributed by atoms with Crippen molar-refractivity contribution in [3.8, 4) is 0 Å². The number of hydrogen-bond donors (Lipinski definition) is 5. The number of para-hydroxylation sites is 1. The molecule has 3 rings (SSSR count). The molecule has 220 valence electrons. The van der Waals surface area contributed by atoms with E-state index >= 15 is 0 Å². The molecule has 41 heavy (non-hydrogen) atoms. The first kappa shape index (κ1) is 31.1. The van der Waals surface area contributed by atoms with E-state index in [1.165, 1.54) is 27.7 Å². The number of aliphatic hydroxyl groups is 1. The molecular weight excluding hydrogens is 528 g/mol. The molecule has 0 saturated carbocycles. The summed E-state index contributed by atoms with van der Waals surface area (Å²) in [5.41, 5.74) is 0.523. The largest absolute Gasteiger partial charge is 0.465 e. The standard InChI is InChI=1S/C29H38N6O6/c1-19(2)17-20-9-7-10-21-25(20)32-23(30-21)18-35-15-8-11-22(26(35)38)31-27(39)29(14-16-36,33-28(40)41)13-6-5-12-24(37)34(3)4/h5,7-12,15,19,33,36H,6,13-14,16-18H2,1-4H3,(H,30,32)(H,31,39)(H,40,41). The van der Waals surface area contributed by atoms with Gasteiger partial charge in [0, 0.05) is 33.3 Å². The Morgan fingerprint density at radius 2 is 1.93 bits per heavy atom.